The molecule has 1 heterocycles. The van der Waals surface area contributed by atoms with E-state index >= 15 is 0 Å². The summed E-state index contributed by atoms with van der Waals surface area (Å²) < 4.78 is -0.165. The average molecular weight is 150 g/mol. The highest BCUT2D eigenvalue weighted by Gasteiger charge is 2.18. The molecule has 0 aromatic rings. The van der Waals surface area contributed by atoms with Crippen LogP contribution in [-0.4, -0.2) is 23.7 Å². The summed E-state index contributed by atoms with van der Waals surface area (Å²) in [5.41, 5.74) is 0. The van der Waals surface area contributed by atoms with Gasteiger partial charge in [0, 0.05) is 0 Å². The summed E-state index contributed by atoms with van der Waals surface area (Å²) in [6, 6.07) is 0.236. The molecule has 2 nitrogen and oxygen atoms in total. The van der Waals surface area contributed by atoms with Crippen LogP contribution in [0.1, 0.15) is 19.3 Å². The molecule has 1 saturated heterocycles. The second kappa shape index (κ2) is 2.86. The van der Waals surface area contributed by atoms with Crippen molar-refractivity contribution in [2.24, 2.45) is 0 Å². The highest BCUT2D eigenvalue weighted by molar-refractivity contribution is 6.17. The summed E-state index contributed by atoms with van der Waals surface area (Å²) >= 11 is 5.48. The van der Waals surface area contributed by atoms with E-state index in [4.69, 9.17) is 11.6 Å². The number of alkyl halides is 1. The van der Waals surface area contributed by atoms with E-state index in [1.165, 1.54) is 6.42 Å². The molecule has 9 heavy (non-hydrogen) atoms. The van der Waals surface area contributed by atoms with Gasteiger partial charge in [-0.2, -0.15) is 0 Å². The molecule has 0 amide bonds. The normalized spacial score (nSPS) is 26.0. The van der Waals surface area contributed by atoms with Gasteiger partial charge >= 0.3 is 0 Å². The Balaban J connectivity index is 2.37. The molecule has 1 rings (SSSR count). The lowest BCUT2D eigenvalue weighted by molar-refractivity contribution is -0.874. The van der Waals surface area contributed by atoms with Crippen molar-refractivity contribution < 1.29 is 4.65 Å². The topological polar surface area (TPSA) is 23.1 Å². The van der Waals surface area contributed by atoms with Gasteiger partial charge in [0.25, 0.3) is 0 Å². The minimum atomic E-state index is -0.165. The molecule has 0 atom stereocenters. The smallest absolute Gasteiger partial charge is 0.154 e. The van der Waals surface area contributed by atoms with Crippen molar-refractivity contribution in [3.05, 3.63) is 5.21 Å². The second-order valence-corrected chi connectivity index (χ2v) is 2.92. The molecule has 0 aromatic heterocycles. The average Bonchev–Trinajstić information content (AvgIpc) is 1.90. The maximum Gasteiger partial charge on any atom is 0.154 e. The molecule has 3 heteroatoms. The number of nitrogens with zero attached hydrogens (tertiary/aromatic N) is 1. The number of quaternary nitrogens is 1. The molecule has 54 valence electrons. The Morgan fingerprint density at radius 3 is 2.11 bits per heavy atom. The van der Waals surface area contributed by atoms with Crippen LogP contribution in [-0.2, 0) is 0 Å². The molecular weight excluding hydrogens is 138 g/mol. The highest BCUT2D eigenvalue weighted by Crippen LogP contribution is 2.17. The maximum atomic E-state index is 11.3. The Morgan fingerprint density at radius 1 is 1.22 bits per heavy atom. The SMILES string of the molecule is [O-][N+]1(CCl)CCCCC1. The molecular formula is C6H12ClNO. The second-order valence-electron chi connectivity index (χ2n) is 2.69. The van der Waals surface area contributed by atoms with Gasteiger partial charge in [0.05, 0.1) is 13.1 Å². The zero-order chi connectivity index (χ0) is 6.74. The van der Waals surface area contributed by atoms with Crippen LogP contribution in [0.15, 0.2) is 0 Å². The quantitative estimate of drug-likeness (QED) is 0.241. The van der Waals surface area contributed by atoms with E-state index in [2.05, 4.69) is 0 Å². The molecule has 1 aliphatic rings. The summed E-state index contributed by atoms with van der Waals surface area (Å²) in [7, 11) is 0. The molecule has 1 fully saturated rings. The van der Waals surface area contributed by atoms with Crippen LogP contribution in [0.25, 0.3) is 0 Å². The van der Waals surface area contributed by atoms with Gasteiger partial charge in [0.2, 0.25) is 0 Å². The molecule has 0 spiro atoms. The Bertz CT molecular complexity index is 91.1. The third kappa shape index (κ3) is 1.81. The van der Waals surface area contributed by atoms with Gasteiger partial charge in [-0.3, -0.25) is 0 Å². The van der Waals surface area contributed by atoms with Gasteiger partial charge in [0.15, 0.2) is 6.00 Å². The lowest BCUT2D eigenvalue weighted by atomic mass is 10.1. The first kappa shape index (κ1) is 7.32. The monoisotopic (exact) mass is 149 g/mol. The minimum absolute atomic E-state index is 0.165. The fraction of sp³-hybridized carbons (Fsp3) is 1.00. The standard InChI is InChI=1S/C6H12ClNO/c7-6-8(9)4-2-1-3-5-8/h1-6H2. The van der Waals surface area contributed by atoms with E-state index < -0.39 is 0 Å². The summed E-state index contributed by atoms with van der Waals surface area (Å²) in [6.45, 7) is 1.45. The van der Waals surface area contributed by atoms with E-state index in [-0.39, 0.29) is 10.7 Å². The number of rotatable bonds is 1. The Hall–Kier alpha value is 0.210. The number of piperidine rings is 1. The summed E-state index contributed by atoms with van der Waals surface area (Å²) in [6.07, 6.45) is 3.31. The number of hydrogen-bond donors (Lipinski definition) is 0. The zero-order valence-corrected chi connectivity index (χ0v) is 6.23. The van der Waals surface area contributed by atoms with E-state index in [0.29, 0.717) is 0 Å². The molecule has 0 unspecified atom stereocenters. The minimum Gasteiger partial charge on any atom is -0.632 e. The van der Waals surface area contributed by atoms with Gasteiger partial charge < -0.3 is 9.85 Å². The van der Waals surface area contributed by atoms with E-state index in [1.807, 2.05) is 0 Å². The van der Waals surface area contributed by atoms with Gasteiger partial charge in [-0.15, -0.1) is 0 Å². The summed E-state index contributed by atoms with van der Waals surface area (Å²) in [4.78, 5) is 0. The van der Waals surface area contributed by atoms with Gasteiger partial charge in [0.1, 0.15) is 0 Å². The first-order chi connectivity index (χ1) is 4.27. The summed E-state index contributed by atoms with van der Waals surface area (Å²) in [5, 5.41) is 11.3. The van der Waals surface area contributed by atoms with E-state index in [1.54, 1.807) is 0 Å². The predicted molar refractivity (Wildman–Crippen MR) is 37.9 cm³/mol. The fourth-order valence-electron chi connectivity index (χ4n) is 1.21. The molecule has 0 bridgehead atoms. The van der Waals surface area contributed by atoms with Crippen LogP contribution in [0.4, 0.5) is 0 Å². The van der Waals surface area contributed by atoms with Crippen LogP contribution in [0.3, 0.4) is 0 Å². The fourth-order valence-corrected chi connectivity index (χ4v) is 1.45. The predicted octanol–water partition coefficient (Wildman–Crippen LogP) is 1.68. The van der Waals surface area contributed by atoms with Crippen molar-refractivity contribution in [2.75, 3.05) is 19.1 Å². The van der Waals surface area contributed by atoms with Crippen LogP contribution >= 0.6 is 11.6 Å². The Kier molecular flexibility index (Phi) is 2.33. The van der Waals surface area contributed by atoms with Crippen LogP contribution in [0.5, 0.6) is 0 Å². The number of hydrogen-bond acceptors (Lipinski definition) is 1. The van der Waals surface area contributed by atoms with Gasteiger partial charge in [-0.05, 0) is 19.3 Å². The van der Waals surface area contributed by atoms with E-state index in [9.17, 15) is 5.21 Å². The van der Waals surface area contributed by atoms with Crippen molar-refractivity contribution in [1.82, 2.24) is 0 Å². The van der Waals surface area contributed by atoms with Crippen LogP contribution < -0.4 is 0 Å². The molecule has 1 aliphatic heterocycles. The molecule has 0 saturated carbocycles. The Morgan fingerprint density at radius 2 is 1.78 bits per heavy atom. The lowest BCUT2D eigenvalue weighted by Gasteiger charge is -2.43. The van der Waals surface area contributed by atoms with Crippen molar-refractivity contribution in [3.63, 3.8) is 0 Å². The first-order valence-electron chi connectivity index (χ1n) is 3.40. The first-order valence-corrected chi connectivity index (χ1v) is 3.93. The van der Waals surface area contributed by atoms with Crippen LogP contribution in [0, 0.1) is 5.21 Å². The van der Waals surface area contributed by atoms with Crippen molar-refractivity contribution >= 4 is 11.6 Å². The van der Waals surface area contributed by atoms with Crippen molar-refractivity contribution in [3.8, 4) is 0 Å². The van der Waals surface area contributed by atoms with Crippen LogP contribution in [0.2, 0.25) is 0 Å². The molecule has 0 radical (unpaired) electrons. The largest absolute Gasteiger partial charge is 0.632 e. The highest BCUT2D eigenvalue weighted by atomic mass is 35.5. The third-order valence-corrected chi connectivity index (χ3v) is 2.28. The third-order valence-electron chi connectivity index (χ3n) is 1.85. The number of likely N-dealkylation sites (tertiary alicyclic amines) is 1. The van der Waals surface area contributed by atoms with Gasteiger partial charge in [-0.1, -0.05) is 11.6 Å². The van der Waals surface area contributed by atoms with E-state index in [0.717, 1.165) is 25.9 Å². The number of hydroxylamine groups is 3. The number of halogens is 1. The molecule has 0 aromatic carbocycles. The van der Waals surface area contributed by atoms with Crippen molar-refractivity contribution in [2.45, 2.75) is 19.3 Å². The maximum absolute atomic E-state index is 11.3. The summed E-state index contributed by atoms with van der Waals surface area (Å²) in [5.74, 6) is 0. The molecule has 0 aliphatic carbocycles. The Labute approximate surface area is 60.6 Å². The van der Waals surface area contributed by atoms with Gasteiger partial charge in [-0.25, -0.2) is 0 Å². The lowest BCUT2D eigenvalue weighted by Crippen LogP contribution is -2.44. The molecule has 0 N–H and O–H groups in total. The zero-order valence-electron chi connectivity index (χ0n) is 5.48. The van der Waals surface area contributed by atoms with Crippen molar-refractivity contribution in [1.29, 1.82) is 0 Å².